The molecule has 128 valence electrons. The quantitative estimate of drug-likeness (QED) is 0.608. The van der Waals surface area contributed by atoms with Crippen LogP contribution in [0.2, 0.25) is 0 Å². The third kappa shape index (κ3) is 5.00. The van der Waals surface area contributed by atoms with Crippen LogP contribution in [0.5, 0.6) is 0 Å². The van der Waals surface area contributed by atoms with Gasteiger partial charge in [0.15, 0.2) is 9.84 Å². The Bertz CT molecular complexity index is 728. The molecular formula is C14H21N3O5S. The first kappa shape index (κ1) is 19.0. The Kier molecular flexibility index (Phi) is 5.49. The molecule has 0 fully saturated rings. The fourth-order valence-corrected chi connectivity index (χ4v) is 2.70. The van der Waals surface area contributed by atoms with Gasteiger partial charge < -0.3 is 10.6 Å². The molecule has 1 aromatic carbocycles. The Morgan fingerprint density at radius 1 is 1.35 bits per heavy atom. The average Bonchev–Trinajstić information content (AvgIpc) is 2.44. The highest BCUT2D eigenvalue weighted by Gasteiger charge is 2.24. The van der Waals surface area contributed by atoms with Gasteiger partial charge in [-0.2, -0.15) is 0 Å². The first-order valence-electron chi connectivity index (χ1n) is 6.82. The number of hydrogen-bond acceptors (Lipinski definition) is 6. The van der Waals surface area contributed by atoms with Gasteiger partial charge >= 0.3 is 0 Å². The van der Waals surface area contributed by atoms with Gasteiger partial charge in [-0.3, -0.25) is 14.9 Å². The minimum absolute atomic E-state index is 0.0463. The molecule has 0 aliphatic rings. The van der Waals surface area contributed by atoms with Crippen LogP contribution in [0.1, 0.15) is 24.2 Å². The molecule has 1 amide bonds. The van der Waals surface area contributed by atoms with E-state index in [1.807, 2.05) is 13.8 Å². The van der Waals surface area contributed by atoms with E-state index in [4.69, 9.17) is 5.73 Å². The number of nitrogens with zero attached hydrogens (tertiary/aromatic N) is 2. The molecule has 0 aliphatic carbocycles. The summed E-state index contributed by atoms with van der Waals surface area (Å²) in [6.45, 7) is 4.45. The molecule has 0 atom stereocenters. The van der Waals surface area contributed by atoms with Gasteiger partial charge in [0.1, 0.15) is 0 Å². The largest absolute Gasteiger partial charge is 0.341 e. The number of nitro groups is 1. The van der Waals surface area contributed by atoms with Gasteiger partial charge in [-0.25, -0.2) is 8.42 Å². The van der Waals surface area contributed by atoms with E-state index in [1.54, 1.807) is 7.05 Å². The lowest BCUT2D eigenvalue weighted by Gasteiger charge is -2.29. The summed E-state index contributed by atoms with van der Waals surface area (Å²) in [4.78, 5) is 23.8. The fraction of sp³-hybridized carbons (Fsp3) is 0.500. The second kappa shape index (κ2) is 6.63. The lowest BCUT2D eigenvalue weighted by Crippen LogP contribution is -2.39. The van der Waals surface area contributed by atoms with Crippen molar-refractivity contribution in [2.45, 2.75) is 18.7 Å². The maximum absolute atomic E-state index is 12.5. The molecule has 0 spiro atoms. The van der Waals surface area contributed by atoms with Crippen LogP contribution in [-0.2, 0) is 9.84 Å². The van der Waals surface area contributed by atoms with Gasteiger partial charge in [0.25, 0.3) is 11.6 Å². The van der Waals surface area contributed by atoms with E-state index in [1.165, 1.54) is 4.90 Å². The van der Waals surface area contributed by atoms with E-state index >= 15 is 0 Å². The monoisotopic (exact) mass is 343 g/mol. The van der Waals surface area contributed by atoms with Gasteiger partial charge in [0, 0.05) is 37.5 Å². The molecule has 0 saturated carbocycles. The Labute approximate surface area is 135 Å². The van der Waals surface area contributed by atoms with Crippen LogP contribution in [0.4, 0.5) is 5.69 Å². The molecule has 0 radical (unpaired) electrons. The van der Waals surface area contributed by atoms with E-state index in [-0.39, 0.29) is 15.9 Å². The number of hydrogen-bond donors (Lipinski definition) is 1. The third-order valence-electron chi connectivity index (χ3n) is 3.34. The standard InChI is InChI=1S/C14H21N3O5S/c1-14(2,8-15)9-16(3)13(18)10-5-11(17(19)20)7-12(6-10)23(4,21)22/h5-7H,8-9,15H2,1-4H3. The number of non-ortho nitro benzene ring substituents is 1. The minimum atomic E-state index is -3.68. The number of sulfone groups is 1. The molecule has 23 heavy (non-hydrogen) atoms. The highest BCUT2D eigenvalue weighted by atomic mass is 32.2. The molecule has 0 saturated heterocycles. The van der Waals surface area contributed by atoms with Crippen molar-refractivity contribution in [2.75, 3.05) is 26.4 Å². The summed E-state index contributed by atoms with van der Waals surface area (Å²) in [6, 6.07) is 3.16. The van der Waals surface area contributed by atoms with Gasteiger partial charge in [-0.15, -0.1) is 0 Å². The lowest BCUT2D eigenvalue weighted by molar-refractivity contribution is -0.385. The lowest BCUT2D eigenvalue weighted by atomic mass is 9.93. The van der Waals surface area contributed by atoms with Crippen LogP contribution in [0.15, 0.2) is 23.1 Å². The summed E-state index contributed by atoms with van der Waals surface area (Å²) in [5.74, 6) is -0.500. The van der Waals surface area contributed by atoms with E-state index in [0.717, 1.165) is 24.5 Å². The van der Waals surface area contributed by atoms with Gasteiger partial charge in [0.05, 0.1) is 9.82 Å². The molecule has 1 aromatic rings. The van der Waals surface area contributed by atoms with Gasteiger partial charge in [0.2, 0.25) is 0 Å². The second-order valence-electron chi connectivity index (χ2n) is 6.27. The van der Waals surface area contributed by atoms with Crippen molar-refractivity contribution < 1.29 is 18.1 Å². The topological polar surface area (TPSA) is 124 Å². The van der Waals surface area contributed by atoms with Crippen molar-refractivity contribution >= 4 is 21.4 Å². The molecule has 2 N–H and O–H groups in total. The molecule has 0 aromatic heterocycles. The zero-order chi connectivity index (χ0) is 18.0. The summed E-state index contributed by atoms with van der Waals surface area (Å²) in [5.41, 5.74) is 4.82. The molecule has 0 unspecified atom stereocenters. The van der Waals surface area contributed by atoms with Crippen molar-refractivity contribution in [3.05, 3.63) is 33.9 Å². The number of carbonyl (C=O) groups is 1. The number of rotatable bonds is 6. The first-order chi connectivity index (χ1) is 10.4. The van der Waals surface area contributed by atoms with E-state index < -0.39 is 26.4 Å². The van der Waals surface area contributed by atoms with E-state index in [0.29, 0.717) is 13.1 Å². The van der Waals surface area contributed by atoms with Crippen LogP contribution in [0.3, 0.4) is 0 Å². The van der Waals surface area contributed by atoms with Gasteiger partial charge in [-0.1, -0.05) is 13.8 Å². The van der Waals surface area contributed by atoms with Crippen LogP contribution < -0.4 is 5.73 Å². The number of nitrogens with two attached hydrogens (primary N) is 1. The predicted octanol–water partition coefficient (Wildman–Crippen LogP) is 1.06. The van der Waals surface area contributed by atoms with Crippen molar-refractivity contribution in [1.29, 1.82) is 0 Å². The van der Waals surface area contributed by atoms with Crippen molar-refractivity contribution in [2.24, 2.45) is 11.1 Å². The van der Waals surface area contributed by atoms with Crippen LogP contribution >= 0.6 is 0 Å². The van der Waals surface area contributed by atoms with Crippen molar-refractivity contribution in [1.82, 2.24) is 4.90 Å². The molecule has 0 heterocycles. The third-order valence-corrected chi connectivity index (χ3v) is 4.43. The van der Waals surface area contributed by atoms with Crippen molar-refractivity contribution in [3.63, 3.8) is 0 Å². The average molecular weight is 343 g/mol. The van der Waals surface area contributed by atoms with Crippen LogP contribution in [-0.4, -0.2) is 50.5 Å². The Balaban J connectivity index is 3.28. The number of carbonyl (C=O) groups excluding carboxylic acids is 1. The minimum Gasteiger partial charge on any atom is -0.341 e. The van der Waals surface area contributed by atoms with Crippen molar-refractivity contribution in [3.8, 4) is 0 Å². The number of benzene rings is 1. The van der Waals surface area contributed by atoms with Gasteiger partial charge in [-0.05, 0) is 18.0 Å². The highest BCUT2D eigenvalue weighted by molar-refractivity contribution is 7.90. The molecule has 0 bridgehead atoms. The summed E-state index contributed by atoms with van der Waals surface area (Å²) >= 11 is 0. The molecule has 0 aliphatic heterocycles. The maximum atomic E-state index is 12.5. The first-order valence-corrected chi connectivity index (χ1v) is 8.71. The summed E-state index contributed by atoms with van der Waals surface area (Å²) in [6.07, 6.45) is 0.932. The Morgan fingerprint density at radius 2 is 1.91 bits per heavy atom. The highest BCUT2D eigenvalue weighted by Crippen LogP contribution is 2.23. The normalized spacial score (nSPS) is 12.0. The molecular weight excluding hydrogens is 322 g/mol. The second-order valence-corrected chi connectivity index (χ2v) is 8.29. The van der Waals surface area contributed by atoms with Crippen LogP contribution in [0.25, 0.3) is 0 Å². The Hall–Kier alpha value is -2.00. The summed E-state index contributed by atoms with van der Waals surface area (Å²) in [7, 11) is -2.14. The zero-order valence-electron chi connectivity index (χ0n) is 13.6. The zero-order valence-corrected chi connectivity index (χ0v) is 14.4. The SMILES string of the molecule is CN(CC(C)(C)CN)C(=O)c1cc([N+](=O)[O-])cc(S(C)(=O)=O)c1. The predicted molar refractivity (Wildman–Crippen MR) is 86.0 cm³/mol. The molecule has 9 heteroatoms. The maximum Gasteiger partial charge on any atom is 0.271 e. The number of nitro benzene ring substituents is 1. The molecule has 8 nitrogen and oxygen atoms in total. The smallest absolute Gasteiger partial charge is 0.271 e. The number of amides is 1. The summed E-state index contributed by atoms with van der Waals surface area (Å²) in [5, 5.41) is 11.0. The van der Waals surface area contributed by atoms with E-state index in [9.17, 15) is 23.3 Å². The summed E-state index contributed by atoms with van der Waals surface area (Å²) < 4.78 is 23.3. The van der Waals surface area contributed by atoms with Crippen LogP contribution in [0, 0.1) is 15.5 Å². The Morgan fingerprint density at radius 3 is 2.35 bits per heavy atom. The fourth-order valence-electron chi connectivity index (χ4n) is 2.03. The molecule has 1 rings (SSSR count). The van der Waals surface area contributed by atoms with E-state index in [2.05, 4.69) is 0 Å².